The van der Waals surface area contributed by atoms with Crippen LogP contribution >= 0.6 is 0 Å². The van der Waals surface area contributed by atoms with E-state index in [0.29, 0.717) is 6.54 Å². The van der Waals surface area contributed by atoms with E-state index >= 15 is 0 Å². The zero-order valence-electron chi connectivity index (χ0n) is 11.2. The summed E-state index contributed by atoms with van der Waals surface area (Å²) in [5, 5.41) is 9.68. The summed E-state index contributed by atoms with van der Waals surface area (Å²) in [5.41, 5.74) is -1.25. The number of alkyl halides is 1. The van der Waals surface area contributed by atoms with Crippen LogP contribution in [-0.4, -0.2) is 47.1 Å². The van der Waals surface area contributed by atoms with Crippen molar-refractivity contribution in [1.29, 1.82) is 0 Å². The second-order valence-corrected chi connectivity index (χ2v) is 6.31. The number of carbonyl (C=O) groups is 1. The average molecular weight is 247 g/mol. The van der Waals surface area contributed by atoms with Gasteiger partial charge in [0.25, 0.3) is 0 Å². The molecule has 0 saturated carbocycles. The molecule has 17 heavy (non-hydrogen) atoms. The van der Waals surface area contributed by atoms with Crippen molar-refractivity contribution >= 4 is 6.09 Å². The van der Waals surface area contributed by atoms with Gasteiger partial charge in [0.05, 0.1) is 12.6 Å². The second-order valence-electron chi connectivity index (χ2n) is 6.31. The number of aliphatic hydroxyl groups is 1. The van der Waals surface area contributed by atoms with Gasteiger partial charge in [-0.15, -0.1) is 0 Å². The van der Waals surface area contributed by atoms with Gasteiger partial charge in [0.15, 0.2) is 0 Å². The Balaban J connectivity index is 2.71. The van der Waals surface area contributed by atoms with Crippen LogP contribution in [-0.2, 0) is 4.74 Å². The van der Waals surface area contributed by atoms with Crippen LogP contribution in [0.15, 0.2) is 0 Å². The lowest BCUT2D eigenvalue weighted by molar-refractivity contribution is -0.0803. The molecule has 0 spiro atoms. The fourth-order valence-corrected chi connectivity index (χ4v) is 1.92. The first-order chi connectivity index (χ1) is 7.53. The number of likely N-dealkylation sites (tertiary alicyclic amines) is 1. The van der Waals surface area contributed by atoms with Crippen molar-refractivity contribution in [2.45, 2.75) is 52.5 Å². The number of halogens is 1. The molecule has 0 aromatic heterocycles. The minimum absolute atomic E-state index is 0.112. The topological polar surface area (TPSA) is 49.8 Å². The summed E-state index contributed by atoms with van der Waals surface area (Å²) in [6.07, 6.45) is -2.99. The van der Waals surface area contributed by atoms with Crippen LogP contribution in [0.5, 0.6) is 0 Å². The Kier molecular flexibility index (Phi) is 3.72. The smallest absolute Gasteiger partial charge is 0.410 e. The summed E-state index contributed by atoms with van der Waals surface area (Å²) in [6, 6.07) is 0. The summed E-state index contributed by atoms with van der Waals surface area (Å²) >= 11 is 0. The van der Waals surface area contributed by atoms with Crippen LogP contribution in [0.25, 0.3) is 0 Å². The molecule has 1 rings (SSSR count). The van der Waals surface area contributed by atoms with Crippen molar-refractivity contribution in [3.63, 3.8) is 0 Å². The Hall–Kier alpha value is -0.840. The number of piperidine rings is 1. The summed E-state index contributed by atoms with van der Waals surface area (Å²) < 4.78 is 18.8. The minimum atomic E-state index is -1.42. The van der Waals surface area contributed by atoms with E-state index in [1.54, 1.807) is 34.6 Å². The third-order valence-electron chi connectivity index (χ3n) is 2.79. The number of rotatable bonds is 0. The van der Waals surface area contributed by atoms with Crippen molar-refractivity contribution in [3.05, 3.63) is 0 Å². The Bertz CT molecular complexity index is 299. The van der Waals surface area contributed by atoms with Gasteiger partial charge in [-0.25, -0.2) is 9.18 Å². The SMILES string of the molecule is CC(C)(C)OC(=O)N1C[C@@H](F)[C@H](O)C(C)(C)C1. The van der Waals surface area contributed by atoms with Crippen LogP contribution in [0, 0.1) is 5.41 Å². The summed E-state index contributed by atoms with van der Waals surface area (Å²) in [5.74, 6) is 0. The summed E-state index contributed by atoms with van der Waals surface area (Å²) in [4.78, 5) is 13.1. The fourth-order valence-electron chi connectivity index (χ4n) is 1.92. The van der Waals surface area contributed by atoms with Crippen molar-refractivity contribution < 1.29 is 19.0 Å². The molecule has 1 heterocycles. The predicted molar refractivity (Wildman–Crippen MR) is 62.5 cm³/mol. The number of nitrogens with zero attached hydrogens (tertiary/aromatic N) is 1. The van der Waals surface area contributed by atoms with E-state index in [4.69, 9.17) is 4.74 Å². The van der Waals surface area contributed by atoms with Gasteiger partial charge >= 0.3 is 6.09 Å². The molecule has 0 aliphatic carbocycles. The molecule has 100 valence electrons. The maximum atomic E-state index is 13.6. The lowest BCUT2D eigenvalue weighted by Crippen LogP contribution is -2.57. The van der Waals surface area contributed by atoms with Crippen LogP contribution in [0.2, 0.25) is 0 Å². The molecule has 1 aliphatic rings. The molecule has 4 nitrogen and oxygen atoms in total. The quantitative estimate of drug-likeness (QED) is 0.712. The van der Waals surface area contributed by atoms with Gasteiger partial charge in [-0.05, 0) is 20.8 Å². The summed E-state index contributed by atoms with van der Waals surface area (Å²) in [7, 11) is 0. The number of aliphatic hydroxyl groups excluding tert-OH is 1. The van der Waals surface area contributed by atoms with E-state index in [-0.39, 0.29) is 6.54 Å². The molecular formula is C12H22FNO3. The van der Waals surface area contributed by atoms with E-state index < -0.39 is 29.4 Å². The first kappa shape index (κ1) is 14.2. The Morgan fingerprint density at radius 3 is 2.41 bits per heavy atom. The van der Waals surface area contributed by atoms with E-state index in [1.165, 1.54) is 4.90 Å². The molecule has 0 aromatic rings. The molecule has 0 radical (unpaired) electrons. The normalized spacial score (nSPS) is 29.0. The Morgan fingerprint density at radius 1 is 1.47 bits per heavy atom. The van der Waals surface area contributed by atoms with Crippen molar-refractivity contribution in [1.82, 2.24) is 4.90 Å². The fraction of sp³-hybridized carbons (Fsp3) is 0.917. The van der Waals surface area contributed by atoms with E-state index in [9.17, 15) is 14.3 Å². The van der Waals surface area contributed by atoms with Gasteiger partial charge < -0.3 is 14.7 Å². The van der Waals surface area contributed by atoms with Crippen molar-refractivity contribution in [2.75, 3.05) is 13.1 Å². The maximum Gasteiger partial charge on any atom is 0.410 e. The van der Waals surface area contributed by atoms with Gasteiger partial charge in [0, 0.05) is 12.0 Å². The monoisotopic (exact) mass is 247 g/mol. The Labute approximate surface area is 102 Å². The second kappa shape index (κ2) is 4.44. The van der Waals surface area contributed by atoms with Gasteiger partial charge in [-0.2, -0.15) is 0 Å². The Morgan fingerprint density at radius 2 is 2.00 bits per heavy atom. The number of amides is 1. The highest BCUT2D eigenvalue weighted by Crippen LogP contribution is 2.31. The number of hydrogen-bond donors (Lipinski definition) is 1. The molecule has 1 saturated heterocycles. The highest BCUT2D eigenvalue weighted by Gasteiger charge is 2.44. The minimum Gasteiger partial charge on any atom is -0.444 e. The molecule has 0 bridgehead atoms. The molecular weight excluding hydrogens is 225 g/mol. The predicted octanol–water partition coefficient (Wildman–Crippen LogP) is 1.96. The van der Waals surface area contributed by atoms with Crippen molar-refractivity contribution in [3.8, 4) is 0 Å². The molecule has 0 unspecified atom stereocenters. The van der Waals surface area contributed by atoms with Gasteiger partial charge in [0.2, 0.25) is 0 Å². The summed E-state index contributed by atoms with van der Waals surface area (Å²) in [6.45, 7) is 8.95. The molecule has 2 atom stereocenters. The first-order valence-electron chi connectivity index (χ1n) is 5.83. The van der Waals surface area contributed by atoms with E-state index in [0.717, 1.165) is 0 Å². The molecule has 1 aliphatic heterocycles. The lowest BCUT2D eigenvalue weighted by Gasteiger charge is -2.43. The standard InChI is InChI=1S/C12H22FNO3/c1-11(2,3)17-10(16)14-6-8(13)9(15)12(4,5)7-14/h8-9,15H,6-7H2,1-5H3/t8-,9+/m1/s1. The van der Waals surface area contributed by atoms with E-state index in [1.807, 2.05) is 0 Å². The third-order valence-corrected chi connectivity index (χ3v) is 2.79. The zero-order valence-corrected chi connectivity index (χ0v) is 11.2. The molecule has 1 amide bonds. The largest absolute Gasteiger partial charge is 0.444 e. The van der Waals surface area contributed by atoms with Gasteiger partial charge in [0.1, 0.15) is 11.8 Å². The maximum absolute atomic E-state index is 13.6. The van der Waals surface area contributed by atoms with E-state index in [2.05, 4.69) is 0 Å². The third kappa shape index (κ3) is 3.56. The first-order valence-corrected chi connectivity index (χ1v) is 5.83. The van der Waals surface area contributed by atoms with Crippen molar-refractivity contribution in [2.24, 2.45) is 5.41 Å². The highest BCUT2D eigenvalue weighted by molar-refractivity contribution is 5.68. The number of carbonyl (C=O) groups excluding carboxylic acids is 1. The van der Waals surface area contributed by atoms with Crippen LogP contribution in [0.1, 0.15) is 34.6 Å². The number of hydrogen-bond acceptors (Lipinski definition) is 3. The van der Waals surface area contributed by atoms with Gasteiger partial charge in [-0.1, -0.05) is 13.8 Å². The molecule has 1 fully saturated rings. The lowest BCUT2D eigenvalue weighted by atomic mass is 9.80. The molecule has 1 N–H and O–H groups in total. The zero-order chi connectivity index (χ0) is 13.4. The average Bonchev–Trinajstić information content (AvgIpc) is 2.10. The highest BCUT2D eigenvalue weighted by atomic mass is 19.1. The van der Waals surface area contributed by atoms with Crippen LogP contribution in [0.3, 0.4) is 0 Å². The molecule has 5 heteroatoms. The van der Waals surface area contributed by atoms with Gasteiger partial charge in [-0.3, -0.25) is 0 Å². The van der Waals surface area contributed by atoms with Crippen LogP contribution < -0.4 is 0 Å². The molecule has 0 aromatic carbocycles. The number of ether oxygens (including phenoxy) is 1. The van der Waals surface area contributed by atoms with Crippen LogP contribution in [0.4, 0.5) is 9.18 Å².